The van der Waals surface area contributed by atoms with Crippen LogP contribution in [0.25, 0.3) is 16.7 Å². The smallest absolute Gasteiger partial charge is 0.308 e. The van der Waals surface area contributed by atoms with E-state index in [1.54, 1.807) is 42.6 Å². The summed E-state index contributed by atoms with van der Waals surface area (Å²) in [5.74, 6) is -0.224. The first kappa shape index (κ1) is 23.2. The Kier molecular flexibility index (Phi) is 6.74. The van der Waals surface area contributed by atoms with Crippen LogP contribution >= 0.6 is 11.8 Å². The number of para-hydroxylation sites is 1. The van der Waals surface area contributed by atoms with Crippen LogP contribution in [0.15, 0.2) is 70.7 Å². The molecule has 2 N–H and O–H groups in total. The zero-order valence-electron chi connectivity index (χ0n) is 19.0. The summed E-state index contributed by atoms with van der Waals surface area (Å²) in [5, 5.41) is 5.72. The average Bonchev–Trinajstić information content (AvgIpc) is 2.81. The van der Waals surface area contributed by atoms with Gasteiger partial charge in [-0.1, -0.05) is 36.0 Å². The number of rotatable bonds is 5. The lowest BCUT2D eigenvalue weighted by molar-refractivity contribution is -0.117. The van der Waals surface area contributed by atoms with E-state index in [0.717, 1.165) is 28.5 Å². The van der Waals surface area contributed by atoms with Crippen molar-refractivity contribution < 1.29 is 9.59 Å². The molecule has 3 amide bonds. The van der Waals surface area contributed by atoms with Crippen LogP contribution in [-0.2, 0) is 4.79 Å². The van der Waals surface area contributed by atoms with Crippen LogP contribution < -0.4 is 16.2 Å². The molecule has 172 valence electrons. The lowest BCUT2D eigenvalue weighted by Gasteiger charge is -2.13. The first-order chi connectivity index (χ1) is 16.3. The number of anilines is 1. The second kappa shape index (κ2) is 9.88. The molecule has 0 fully saturated rings. The van der Waals surface area contributed by atoms with Gasteiger partial charge in [0.2, 0.25) is 5.91 Å². The van der Waals surface area contributed by atoms with Crippen LogP contribution in [0.1, 0.15) is 16.7 Å². The summed E-state index contributed by atoms with van der Waals surface area (Å²) in [7, 11) is 0. The van der Waals surface area contributed by atoms with Gasteiger partial charge in [-0.05, 0) is 67.8 Å². The third kappa shape index (κ3) is 5.15. The number of hydrogen-bond donors (Lipinski definition) is 2. The monoisotopic (exact) mass is 473 g/mol. The van der Waals surface area contributed by atoms with E-state index >= 15 is 0 Å². The lowest BCUT2D eigenvalue weighted by atomic mass is 10.1. The number of thioether (sulfide) groups is 1. The Hall–Kier alpha value is -3.98. The second-order valence-electron chi connectivity index (χ2n) is 7.84. The fourth-order valence-electron chi connectivity index (χ4n) is 3.28. The summed E-state index contributed by atoms with van der Waals surface area (Å²) in [6, 6.07) is 15.5. The molecule has 0 bridgehead atoms. The van der Waals surface area contributed by atoms with E-state index in [9.17, 15) is 14.4 Å². The molecule has 8 nitrogen and oxygen atoms in total. The molecule has 2 aromatic carbocycles. The highest BCUT2D eigenvalue weighted by Gasteiger charge is 2.16. The van der Waals surface area contributed by atoms with Crippen molar-refractivity contribution in [2.45, 2.75) is 25.9 Å². The number of carbonyl (C=O) groups is 2. The predicted octanol–water partition coefficient (Wildman–Crippen LogP) is 4.15. The molecular formula is C25H23N5O3S. The topological polar surface area (TPSA) is 106 Å². The lowest BCUT2D eigenvalue weighted by Crippen LogP contribution is -2.35. The van der Waals surface area contributed by atoms with Gasteiger partial charge in [0.05, 0.1) is 16.7 Å². The fraction of sp³-hybridized carbons (Fsp3) is 0.160. The molecule has 0 saturated carbocycles. The SMILES string of the molecule is Cc1ccc(-n2c(SCC(=O)NC(=O)Nc3ccc(C)c(C)c3)nc3ccccc3c2=O)nc1. The molecule has 4 rings (SSSR count). The maximum absolute atomic E-state index is 13.2. The van der Waals surface area contributed by atoms with E-state index in [1.807, 2.05) is 39.0 Å². The van der Waals surface area contributed by atoms with Crippen molar-refractivity contribution in [2.24, 2.45) is 0 Å². The van der Waals surface area contributed by atoms with Gasteiger partial charge >= 0.3 is 6.03 Å². The zero-order valence-corrected chi connectivity index (χ0v) is 19.8. The Morgan fingerprint density at radius 1 is 1.00 bits per heavy atom. The molecule has 2 aromatic heterocycles. The summed E-state index contributed by atoms with van der Waals surface area (Å²) >= 11 is 1.06. The van der Waals surface area contributed by atoms with E-state index < -0.39 is 11.9 Å². The van der Waals surface area contributed by atoms with Crippen molar-refractivity contribution in [1.29, 1.82) is 0 Å². The van der Waals surface area contributed by atoms with E-state index in [2.05, 4.69) is 20.6 Å². The fourth-order valence-corrected chi connectivity index (χ4v) is 4.08. The maximum Gasteiger partial charge on any atom is 0.325 e. The Labute approximate surface area is 200 Å². The Morgan fingerprint density at radius 2 is 1.79 bits per heavy atom. The molecule has 4 aromatic rings. The van der Waals surface area contributed by atoms with Gasteiger partial charge in [0.15, 0.2) is 5.16 Å². The highest BCUT2D eigenvalue weighted by atomic mass is 32.2. The average molecular weight is 474 g/mol. The molecule has 0 aliphatic heterocycles. The minimum Gasteiger partial charge on any atom is -0.308 e. The van der Waals surface area contributed by atoms with E-state index in [-0.39, 0.29) is 11.3 Å². The largest absolute Gasteiger partial charge is 0.325 e. The standard InChI is InChI=1S/C25H23N5O3S/c1-15-8-11-21(26-13-15)30-23(32)19-6-4-5-7-20(19)28-25(30)34-14-22(31)29-24(33)27-18-10-9-16(2)17(3)12-18/h4-13H,14H2,1-3H3,(H2,27,29,31,33). The number of imide groups is 1. The molecule has 0 aliphatic rings. The van der Waals surface area contributed by atoms with Crippen molar-refractivity contribution in [3.63, 3.8) is 0 Å². The Bertz CT molecular complexity index is 1450. The summed E-state index contributed by atoms with van der Waals surface area (Å²) in [6.45, 7) is 5.83. The van der Waals surface area contributed by atoms with Crippen molar-refractivity contribution in [3.05, 3.63) is 87.8 Å². The third-order valence-corrected chi connectivity index (χ3v) is 6.16. The quantitative estimate of drug-likeness (QED) is 0.333. The predicted molar refractivity (Wildman–Crippen MR) is 134 cm³/mol. The van der Waals surface area contributed by atoms with Gasteiger partial charge in [-0.3, -0.25) is 14.9 Å². The van der Waals surface area contributed by atoms with Gasteiger partial charge in [-0.25, -0.2) is 19.3 Å². The van der Waals surface area contributed by atoms with Crippen molar-refractivity contribution >= 4 is 40.3 Å². The summed E-state index contributed by atoms with van der Waals surface area (Å²) in [5.41, 5.74) is 3.93. The molecule has 0 unspecified atom stereocenters. The van der Waals surface area contributed by atoms with Crippen molar-refractivity contribution in [2.75, 3.05) is 11.1 Å². The summed E-state index contributed by atoms with van der Waals surface area (Å²) in [6.07, 6.45) is 1.66. The first-order valence-corrected chi connectivity index (χ1v) is 11.6. The number of amides is 3. The number of carbonyl (C=O) groups excluding carboxylic acids is 2. The molecule has 0 atom stereocenters. The molecule has 34 heavy (non-hydrogen) atoms. The number of pyridine rings is 1. The van der Waals surface area contributed by atoms with Gasteiger partial charge in [-0.2, -0.15) is 0 Å². The molecule has 2 heterocycles. The third-order valence-electron chi connectivity index (χ3n) is 5.22. The number of urea groups is 1. The van der Waals surface area contributed by atoms with Crippen molar-refractivity contribution in [3.8, 4) is 5.82 Å². The minimum atomic E-state index is -0.627. The number of aryl methyl sites for hydroxylation is 3. The van der Waals surface area contributed by atoms with Gasteiger partial charge in [0, 0.05) is 11.9 Å². The minimum absolute atomic E-state index is 0.114. The summed E-state index contributed by atoms with van der Waals surface area (Å²) < 4.78 is 1.38. The highest BCUT2D eigenvalue weighted by molar-refractivity contribution is 7.99. The van der Waals surface area contributed by atoms with Crippen LogP contribution in [0.3, 0.4) is 0 Å². The normalized spacial score (nSPS) is 10.8. The van der Waals surface area contributed by atoms with Crippen molar-refractivity contribution in [1.82, 2.24) is 19.9 Å². The Morgan fingerprint density at radius 3 is 2.53 bits per heavy atom. The molecule has 9 heteroatoms. The first-order valence-electron chi connectivity index (χ1n) is 10.6. The highest BCUT2D eigenvalue weighted by Crippen LogP contribution is 2.20. The van der Waals surface area contributed by atoms with E-state index in [4.69, 9.17) is 0 Å². The van der Waals surface area contributed by atoms with Crippen LogP contribution in [0.4, 0.5) is 10.5 Å². The van der Waals surface area contributed by atoms with Gasteiger partial charge in [0.25, 0.3) is 5.56 Å². The van der Waals surface area contributed by atoms with Gasteiger partial charge in [0.1, 0.15) is 5.82 Å². The number of fused-ring (bicyclic) bond motifs is 1. The second-order valence-corrected chi connectivity index (χ2v) is 8.78. The van der Waals surface area contributed by atoms with Gasteiger partial charge < -0.3 is 5.32 Å². The number of nitrogens with zero attached hydrogens (tertiary/aromatic N) is 3. The maximum atomic E-state index is 13.2. The molecule has 0 saturated heterocycles. The number of nitrogens with one attached hydrogen (secondary N) is 2. The number of aromatic nitrogens is 3. The van der Waals surface area contributed by atoms with E-state index in [1.165, 1.54) is 4.57 Å². The van der Waals surface area contributed by atoms with Crippen LogP contribution in [0.2, 0.25) is 0 Å². The van der Waals surface area contributed by atoms with Gasteiger partial charge in [-0.15, -0.1) is 0 Å². The van der Waals surface area contributed by atoms with Crippen LogP contribution in [0.5, 0.6) is 0 Å². The molecular weight excluding hydrogens is 450 g/mol. The van der Waals surface area contributed by atoms with Crippen LogP contribution in [0, 0.1) is 20.8 Å². The summed E-state index contributed by atoms with van der Waals surface area (Å²) in [4.78, 5) is 46.9. The molecule has 0 spiro atoms. The number of hydrogen-bond acceptors (Lipinski definition) is 6. The molecule has 0 aliphatic carbocycles. The Balaban J connectivity index is 1.53. The number of benzene rings is 2. The molecule has 0 radical (unpaired) electrons. The van der Waals surface area contributed by atoms with E-state index in [0.29, 0.717) is 27.6 Å². The zero-order chi connectivity index (χ0) is 24.2. The van der Waals surface area contributed by atoms with Crippen LogP contribution in [-0.4, -0.2) is 32.2 Å².